The van der Waals surface area contributed by atoms with E-state index in [0.717, 1.165) is 12.8 Å². The number of unbranched alkanes of at least 4 members (excludes halogenated alkanes) is 1. The molecule has 0 spiro atoms. The lowest BCUT2D eigenvalue weighted by molar-refractivity contribution is -0.140. The largest absolute Gasteiger partial charge is 0.354 e. The van der Waals surface area contributed by atoms with Crippen LogP contribution in [0.4, 0.5) is 8.78 Å². The summed E-state index contributed by atoms with van der Waals surface area (Å²) in [7, 11) is 0. The molecule has 2 aromatic carbocycles. The number of carbonyl (C=O) groups is 2. The molecule has 0 saturated carbocycles. The lowest BCUT2D eigenvalue weighted by atomic mass is 10.1. The fourth-order valence-electron chi connectivity index (χ4n) is 2.88. The van der Waals surface area contributed by atoms with Crippen LogP contribution in [0.2, 0.25) is 5.02 Å². The SMILES string of the molecule is CCCCNC(=O)[C@@H](C)N(Cc1ccccc1F)C(=O)Cc1c(F)cccc1Cl. The maximum absolute atomic E-state index is 14.2. The molecule has 2 aromatic rings. The molecule has 1 N–H and O–H groups in total. The summed E-state index contributed by atoms with van der Waals surface area (Å²) in [5.74, 6) is -1.94. The Bertz CT molecular complexity index is 840. The van der Waals surface area contributed by atoms with Crippen LogP contribution in [0.15, 0.2) is 42.5 Å². The Kier molecular flexibility index (Phi) is 8.58. The summed E-state index contributed by atoms with van der Waals surface area (Å²) in [4.78, 5) is 26.8. The van der Waals surface area contributed by atoms with Gasteiger partial charge in [0.15, 0.2) is 0 Å². The average molecular weight is 423 g/mol. The zero-order valence-corrected chi connectivity index (χ0v) is 17.3. The van der Waals surface area contributed by atoms with Crippen LogP contribution >= 0.6 is 11.6 Å². The molecule has 2 amide bonds. The Hall–Kier alpha value is -2.47. The van der Waals surface area contributed by atoms with Crippen molar-refractivity contribution in [3.8, 4) is 0 Å². The first-order chi connectivity index (χ1) is 13.8. The third-order valence-electron chi connectivity index (χ3n) is 4.69. The number of halogens is 3. The number of hydrogen-bond donors (Lipinski definition) is 1. The first kappa shape index (κ1) is 22.8. The minimum atomic E-state index is -0.857. The van der Waals surface area contributed by atoms with E-state index in [-0.39, 0.29) is 35.0 Å². The molecule has 0 aliphatic carbocycles. The van der Waals surface area contributed by atoms with Crippen molar-refractivity contribution in [3.05, 3.63) is 70.2 Å². The highest BCUT2D eigenvalue weighted by atomic mass is 35.5. The molecular weight excluding hydrogens is 398 g/mol. The number of rotatable bonds is 9. The Morgan fingerprint density at radius 3 is 2.45 bits per heavy atom. The fourth-order valence-corrected chi connectivity index (χ4v) is 3.11. The quantitative estimate of drug-likeness (QED) is 0.605. The van der Waals surface area contributed by atoms with Crippen molar-refractivity contribution < 1.29 is 18.4 Å². The molecule has 0 bridgehead atoms. The van der Waals surface area contributed by atoms with Crippen LogP contribution < -0.4 is 5.32 Å². The van der Waals surface area contributed by atoms with Gasteiger partial charge in [-0.15, -0.1) is 0 Å². The van der Waals surface area contributed by atoms with Crippen molar-refractivity contribution >= 4 is 23.4 Å². The molecule has 0 fully saturated rings. The van der Waals surface area contributed by atoms with Crippen LogP contribution in [0.25, 0.3) is 0 Å². The number of hydrogen-bond acceptors (Lipinski definition) is 2. The molecule has 0 saturated heterocycles. The molecule has 0 aromatic heterocycles. The Morgan fingerprint density at radius 2 is 1.79 bits per heavy atom. The lowest BCUT2D eigenvalue weighted by Crippen LogP contribution is -2.48. The molecule has 2 rings (SSSR count). The van der Waals surface area contributed by atoms with Crippen LogP contribution in [0.5, 0.6) is 0 Å². The van der Waals surface area contributed by atoms with E-state index in [4.69, 9.17) is 11.6 Å². The van der Waals surface area contributed by atoms with E-state index in [0.29, 0.717) is 6.54 Å². The highest BCUT2D eigenvalue weighted by molar-refractivity contribution is 6.31. The van der Waals surface area contributed by atoms with Gasteiger partial charge in [0.1, 0.15) is 17.7 Å². The zero-order valence-electron chi connectivity index (χ0n) is 16.6. The van der Waals surface area contributed by atoms with Gasteiger partial charge in [-0.25, -0.2) is 8.78 Å². The van der Waals surface area contributed by atoms with Gasteiger partial charge in [-0.05, 0) is 31.5 Å². The van der Waals surface area contributed by atoms with Gasteiger partial charge in [0.2, 0.25) is 11.8 Å². The molecule has 7 heteroatoms. The van der Waals surface area contributed by atoms with E-state index in [1.807, 2.05) is 6.92 Å². The molecule has 1 atom stereocenters. The molecule has 156 valence electrons. The third kappa shape index (κ3) is 6.26. The second-order valence-corrected chi connectivity index (χ2v) is 7.22. The molecule has 29 heavy (non-hydrogen) atoms. The summed E-state index contributed by atoms with van der Waals surface area (Å²) < 4.78 is 28.3. The van der Waals surface area contributed by atoms with E-state index in [1.165, 1.54) is 29.2 Å². The van der Waals surface area contributed by atoms with E-state index < -0.39 is 23.6 Å². The average Bonchev–Trinajstić information content (AvgIpc) is 2.69. The van der Waals surface area contributed by atoms with E-state index in [9.17, 15) is 18.4 Å². The van der Waals surface area contributed by atoms with Crippen LogP contribution in [-0.4, -0.2) is 29.3 Å². The van der Waals surface area contributed by atoms with Gasteiger partial charge in [0, 0.05) is 29.2 Å². The molecule has 4 nitrogen and oxygen atoms in total. The highest BCUT2D eigenvalue weighted by Gasteiger charge is 2.27. The zero-order chi connectivity index (χ0) is 21.4. The molecule has 0 unspecified atom stereocenters. The normalized spacial score (nSPS) is 11.8. The van der Waals surface area contributed by atoms with Crippen molar-refractivity contribution in [1.29, 1.82) is 0 Å². The first-order valence-corrected chi connectivity index (χ1v) is 9.96. The van der Waals surface area contributed by atoms with Gasteiger partial charge in [-0.2, -0.15) is 0 Å². The summed E-state index contributed by atoms with van der Waals surface area (Å²) in [6.45, 7) is 3.95. The lowest BCUT2D eigenvalue weighted by Gasteiger charge is -2.29. The smallest absolute Gasteiger partial charge is 0.242 e. The van der Waals surface area contributed by atoms with Crippen LogP contribution in [0.3, 0.4) is 0 Å². The summed E-state index contributed by atoms with van der Waals surface area (Å²) in [6, 6.07) is 9.35. The summed E-state index contributed by atoms with van der Waals surface area (Å²) in [5, 5.41) is 2.91. The maximum Gasteiger partial charge on any atom is 0.242 e. The molecule has 0 aliphatic heterocycles. The predicted molar refractivity (Wildman–Crippen MR) is 109 cm³/mol. The number of nitrogens with one attached hydrogen (secondary N) is 1. The Balaban J connectivity index is 2.26. The van der Waals surface area contributed by atoms with Crippen molar-refractivity contribution in [1.82, 2.24) is 10.2 Å². The van der Waals surface area contributed by atoms with Crippen molar-refractivity contribution in [3.63, 3.8) is 0 Å². The Labute approximate surface area is 174 Å². The van der Waals surface area contributed by atoms with Gasteiger partial charge < -0.3 is 10.2 Å². The molecule has 0 aliphatic rings. The molecule has 0 radical (unpaired) electrons. The second kappa shape index (κ2) is 10.9. The van der Waals surface area contributed by atoms with Crippen molar-refractivity contribution in [2.45, 2.75) is 45.7 Å². The van der Waals surface area contributed by atoms with Crippen molar-refractivity contribution in [2.75, 3.05) is 6.54 Å². The minimum absolute atomic E-state index is 0.0521. The highest BCUT2D eigenvalue weighted by Crippen LogP contribution is 2.22. The monoisotopic (exact) mass is 422 g/mol. The van der Waals surface area contributed by atoms with Crippen LogP contribution in [0.1, 0.15) is 37.8 Å². The third-order valence-corrected chi connectivity index (χ3v) is 5.04. The van der Waals surface area contributed by atoms with Crippen LogP contribution in [-0.2, 0) is 22.6 Å². The van der Waals surface area contributed by atoms with Crippen molar-refractivity contribution in [2.24, 2.45) is 0 Å². The van der Waals surface area contributed by atoms with Gasteiger partial charge >= 0.3 is 0 Å². The van der Waals surface area contributed by atoms with Crippen LogP contribution in [0, 0.1) is 11.6 Å². The predicted octanol–water partition coefficient (Wildman–Crippen LogP) is 4.49. The minimum Gasteiger partial charge on any atom is -0.354 e. The van der Waals surface area contributed by atoms with Gasteiger partial charge in [0.25, 0.3) is 0 Å². The van der Waals surface area contributed by atoms with E-state index in [1.54, 1.807) is 25.1 Å². The standard InChI is InChI=1S/C22H25ClF2N2O2/c1-3-4-12-26-22(29)15(2)27(14-16-8-5-6-10-19(16)24)21(28)13-17-18(23)9-7-11-20(17)25/h5-11,15H,3-4,12-14H2,1-2H3,(H,26,29)/t15-/m1/s1. The number of amides is 2. The summed E-state index contributed by atoms with van der Waals surface area (Å²) in [6.07, 6.45) is 1.40. The topological polar surface area (TPSA) is 49.4 Å². The molecule has 0 heterocycles. The van der Waals surface area contributed by atoms with E-state index >= 15 is 0 Å². The summed E-state index contributed by atoms with van der Waals surface area (Å²) in [5.41, 5.74) is 0.324. The summed E-state index contributed by atoms with van der Waals surface area (Å²) >= 11 is 6.04. The van der Waals surface area contributed by atoms with Gasteiger partial charge in [0.05, 0.1) is 6.42 Å². The van der Waals surface area contributed by atoms with Gasteiger partial charge in [-0.3, -0.25) is 9.59 Å². The second-order valence-electron chi connectivity index (χ2n) is 6.81. The molecular formula is C22H25ClF2N2O2. The van der Waals surface area contributed by atoms with Gasteiger partial charge in [-0.1, -0.05) is 49.2 Å². The number of carbonyl (C=O) groups excluding carboxylic acids is 2. The van der Waals surface area contributed by atoms with E-state index in [2.05, 4.69) is 5.32 Å². The first-order valence-electron chi connectivity index (χ1n) is 9.58. The maximum atomic E-state index is 14.2. The number of benzene rings is 2. The Morgan fingerprint density at radius 1 is 1.10 bits per heavy atom. The fraction of sp³-hybridized carbons (Fsp3) is 0.364. The number of nitrogens with zero attached hydrogens (tertiary/aromatic N) is 1.